The third-order valence-corrected chi connectivity index (χ3v) is 5.55. The van der Waals surface area contributed by atoms with Gasteiger partial charge in [-0.3, -0.25) is 9.59 Å². The fraction of sp³-hybridized carbons (Fsp3) is 0.304. The summed E-state index contributed by atoms with van der Waals surface area (Å²) in [5.74, 6) is -0.152. The topological polar surface area (TPSA) is 54.3 Å². The molecule has 1 aliphatic heterocycles. The quantitative estimate of drug-likeness (QED) is 0.759. The Kier molecular flexibility index (Phi) is 5.15. The number of nitrogens with zero attached hydrogens (tertiary/aromatic N) is 2. The summed E-state index contributed by atoms with van der Waals surface area (Å²) < 4.78 is 2.00. The molecular weight excluding hydrogens is 350 g/mol. The van der Waals surface area contributed by atoms with Crippen molar-refractivity contribution in [3.05, 3.63) is 72.1 Å². The Balaban J connectivity index is 1.76. The van der Waals surface area contributed by atoms with Crippen molar-refractivity contribution in [3.63, 3.8) is 0 Å². The Morgan fingerprint density at radius 2 is 1.93 bits per heavy atom. The highest BCUT2D eigenvalue weighted by atomic mass is 16.2. The number of hydrogen-bond donors (Lipinski definition) is 1. The summed E-state index contributed by atoms with van der Waals surface area (Å²) in [5, 5.41) is 4.92. The number of fused-ring (bicyclic) bond motifs is 1. The number of aromatic nitrogens is 1. The van der Waals surface area contributed by atoms with Crippen molar-refractivity contribution in [2.75, 3.05) is 6.54 Å². The fourth-order valence-corrected chi connectivity index (χ4v) is 3.95. The predicted molar refractivity (Wildman–Crippen MR) is 110 cm³/mol. The maximum Gasteiger partial charge on any atom is 0.255 e. The SMILES string of the molecule is Cn1cccc1CN(C(=O)c1cccc2ccccc12)C1CCCCNC1=O. The minimum atomic E-state index is -0.455. The van der Waals surface area contributed by atoms with Gasteiger partial charge in [-0.25, -0.2) is 0 Å². The van der Waals surface area contributed by atoms with Crippen LogP contribution in [0, 0.1) is 0 Å². The first kappa shape index (κ1) is 18.3. The number of aryl methyl sites for hydroxylation is 1. The van der Waals surface area contributed by atoms with Crippen LogP contribution in [0.15, 0.2) is 60.8 Å². The summed E-state index contributed by atoms with van der Waals surface area (Å²) in [6.45, 7) is 1.08. The number of carbonyl (C=O) groups is 2. The van der Waals surface area contributed by atoms with Crippen LogP contribution in [0.3, 0.4) is 0 Å². The van der Waals surface area contributed by atoms with Crippen LogP contribution in [0.5, 0.6) is 0 Å². The number of rotatable bonds is 4. The summed E-state index contributed by atoms with van der Waals surface area (Å²) in [6.07, 6.45) is 4.52. The van der Waals surface area contributed by atoms with E-state index in [1.54, 1.807) is 4.90 Å². The van der Waals surface area contributed by atoms with Gasteiger partial charge in [0, 0.05) is 31.0 Å². The van der Waals surface area contributed by atoms with Gasteiger partial charge in [0.25, 0.3) is 5.91 Å². The van der Waals surface area contributed by atoms with E-state index in [0.29, 0.717) is 25.1 Å². The maximum absolute atomic E-state index is 13.7. The zero-order valence-electron chi connectivity index (χ0n) is 16.1. The molecular formula is C23H25N3O2. The van der Waals surface area contributed by atoms with E-state index in [1.165, 1.54) is 0 Å². The lowest BCUT2D eigenvalue weighted by Gasteiger charge is -2.30. The Morgan fingerprint density at radius 1 is 1.11 bits per heavy atom. The van der Waals surface area contributed by atoms with Gasteiger partial charge in [-0.1, -0.05) is 36.4 Å². The van der Waals surface area contributed by atoms with Crippen molar-refractivity contribution < 1.29 is 9.59 Å². The van der Waals surface area contributed by atoms with Crippen molar-refractivity contribution in [1.29, 1.82) is 0 Å². The molecule has 2 amide bonds. The summed E-state index contributed by atoms with van der Waals surface area (Å²) in [4.78, 5) is 28.2. The lowest BCUT2D eigenvalue weighted by molar-refractivity contribution is -0.125. The molecule has 2 heterocycles. The van der Waals surface area contributed by atoms with Crippen LogP contribution in [0.2, 0.25) is 0 Å². The third kappa shape index (κ3) is 3.52. The van der Waals surface area contributed by atoms with Gasteiger partial charge >= 0.3 is 0 Å². The van der Waals surface area contributed by atoms with Gasteiger partial charge in [0.05, 0.1) is 6.54 Å². The molecule has 5 heteroatoms. The Bertz CT molecular complexity index is 1000. The largest absolute Gasteiger partial charge is 0.354 e. The molecule has 1 aliphatic rings. The van der Waals surface area contributed by atoms with Gasteiger partial charge in [0.15, 0.2) is 0 Å². The average Bonchev–Trinajstić information content (AvgIpc) is 3.00. The van der Waals surface area contributed by atoms with Crippen LogP contribution in [0.1, 0.15) is 35.3 Å². The minimum absolute atomic E-state index is 0.0553. The number of amides is 2. The van der Waals surface area contributed by atoms with Gasteiger partial charge in [-0.2, -0.15) is 0 Å². The highest BCUT2D eigenvalue weighted by Crippen LogP contribution is 2.24. The van der Waals surface area contributed by atoms with Crippen LogP contribution >= 0.6 is 0 Å². The third-order valence-electron chi connectivity index (χ3n) is 5.55. The molecule has 0 aliphatic carbocycles. The van der Waals surface area contributed by atoms with Crippen LogP contribution in [0.4, 0.5) is 0 Å². The average molecular weight is 375 g/mol. The van der Waals surface area contributed by atoms with E-state index in [1.807, 2.05) is 72.4 Å². The van der Waals surface area contributed by atoms with E-state index in [4.69, 9.17) is 0 Å². The van der Waals surface area contributed by atoms with Gasteiger partial charge in [0.1, 0.15) is 6.04 Å². The zero-order valence-corrected chi connectivity index (χ0v) is 16.1. The van der Waals surface area contributed by atoms with E-state index in [-0.39, 0.29) is 11.8 Å². The van der Waals surface area contributed by atoms with Crippen molar-refractivity contribution in [1.82, 2.24) is 14.8 Å². The summed E-state index contributed by atoms with van der Waals surface area (Å²) >= 11 is 0. The standard InChI is InChI=1S/C23H25N3O2/c1-25-15-7-10-18(25)16-26(21-13-4-5-14-24-22(21)27)23(28)20-12-6-9-17-8-2-3-11-19(17)20/h2-3,6-12,15,21H,4-5,13-14,16H2,1H3,(H,24,27). The molecule has 0 saturated carbocycles. The summed E-state index contributed by atoms with van der Waals surface area (Å²) in [5.41, 5.74) is 1.65. The second-order valence-electron chi connectivity index (χ2n) is 7.37. The molecule has 5 nitrogen and oxygen atoms in total. The molecule has 1 N–H and O–H groups in total. The van der Waals surface area contributed by atoms with Gasteiger partial charge in [-0.15, -0.1) is 0 Å². The summed E-state index contributed by atoms with van der Waals surface area (Å²) in [7, 11) is 1.96. The normalized spacial score (nSPS) is 17.2. The van der Waals surface area contributed by atoms with Crippen LogP contribution in [-0.2, 0) is 18.4 Å². The van der Waals surface area contributed by atoms with E-state index >= 15 is 0 Å². The van der Waals surface area contributed by atoms with Crippen molar-refractivity contribution in [2.45, 2.75) is 31.8 Å². The lowest BCUT2D eigenvalue weighted by Crippen LogP contribution is -2.48. The summed E-state index contributed by atoms with van der Waals surface area (Å²) in [6, 6.07) is 17.2. The Hall–Kier alpha value is -3.08. The first-order valence-corrected chi connectivity index (χ1v) is 9.82. The fourth-order valence-electron chi connectivity index (χ4n) is 3.95. The van der Waals surface area contributed by atoms with Crippen LogP contribution in [0.25, 0.3) is 10.8 Å². The van der Waals surface area contributed by atoms with E-state index in [9.17, 15) is 9.59 Å². The maximum atomic E-state index is 13.7. The Morgan fingerprint density at radius 3 is 2.75 bits per heavy atom. The number of carbonyl (C=O) groups excluding carboxylic acids is 2. The van der Waals surface area contributed by atoms with Crippen LogP contribution in [-0.4, -0.2) is 33.9 Å². The highest BCUT2D eigenvalue weighted by Gasteiger charge is 2.32. The van der Waals surface area contributed by atoms with Crippen molar-refractivity contribution in [2.24, 2.45) is 7.05 Å². The van der Waals surface area contributed by atoms with Gasteiger partial charge < -0.3 is 14.8 Å². The second-order valence-corrected chi connectivity index (χ2v) is 7.37. The van der Waals surface area contributed by atoms with Crippen molar-refractivity contribution >= 4 is 22.6 Å². The number of nitrogens with one attached hydrogen (secondary N) is 1. The van der Waals surface area contributed by atoms with E-state index in [2.05, 4.69) is 5.32 Å². The Labute approximate surface area is 165 Å². The van der Waals surface area contributed by atoms with E-state index in [0.717, 1.165) is 29.3 Å². The van der Waals surface area contributed by atoms with Gasteiger partial charge in [-0.05, 0) is 48.2 Å². The molecule has 1 aromatic heterocycles. The first-order chi connectivity index (χ1) is 13.6. The molecule has 144 valence electrons. The smallest absolute Gasteiger partial charge is 0.255 e. The first-order valence-electron chi connectivity index (χ1n) is 9.82. The predicted octanol–water partition coefficient (Wildman–Crippen LogP) is 3.49. The monoisotopic (exact) mass is 375 g/mol. The molecule has 0 bridgehead atoms. The van der Waals surface area contributed by atoms with Crippen LogP contribution < -0.4 is 5.32 Å². The molecule has 0 spiro atoms. The van der Waals surface area contributed by atoms with Gasteiger partial charge in [0.2, 0.25) is 5.91 Å². The molecule has 1 saturated heterocycles. The molecule has 0 radical (unpaired) electrons. The molecule has 1 atom stereocenters. The molecule has 1 unspecified atom stereocenters. The molecule has 28 heavy (non-hydrogen) atoms. The number of hydrogen-bond acceptors (Lipinski definition) is 2. The number of benzene rings is 2. The lowest BCUT2D eigenvalue weighted by atomic mass is 10.0. The highest BCUT2D eigenvalue weighted by molar-refractivity contribution is 6.08. The molecule has 1 fully saturated rings. The molecule has 2 aromatic carbocycles. The molecule has 4 rings (SSSR count). The zero-order chi connectivity index (χ0) is 19.5. The second kappa shape index (κ2) is 7.89. The van der Waals surface area contributed by atoms with E-state index < -0.39 is 6.04 Å². The minimum Gasteiger partial charge on any atom is -0.354 e. The van der Waals surface area contributed by atoms with Crippen molar-refractivity contribution in [3.8, 4) is 0 Å². The molecule has 3 aromatic rings.